The van der Waals surface area contributed by atoms with Gasteiger partial charge in [-0.05, 0) is 42.3 Å². The minimum absolute atomic E-state index is 0.0694. The maximum atomic E-state index is 11.2. The zero-order chi connectivity index (χ0) is 29.2. The van der Waals surface area contributed by atoms with E-state index in [4.69, 9.17) is 9.47 Å². The second-order valence-electron chi connectivity index (χ2n) is 10.2. The largest absolute Gasteiger partial charge is 0.508 e. The zero-order valence-electron chi connectivity index (χ0n) is 21.3. The molecule has 11 heteroatoms. The molecule has 0 fully saturated rings. The smallest absolute Gasteiger partial charge is 0.200 e. The molecule has 41 heavy (non-hydrogen) atoms. The summed E-state index contributed by atoms with van der Waals surface area (Å²) >= 11 is 0. The molecule has 0 radical (unpaired) electrons. The van der Waals surface area contributed by atoms with Crippen LogP contribution in [0.2, 0.25) is 0 Å². The predicted octanol–water partition coefficient (Wildman–Crippen LogP) is 4.02. The fraction of sp³-hybridized carbons (Fsp3) is 0.200. The van der Waals surface area contributed by atoms with Gasteiger partial charge in [0, 0.05) is 46.7 Å². The Labute approximate surface area is 232 Å². The van der Waals surface area contributed by atoms with Crippen LogP contribution in [0.1, 0.15) is 52.4 Å². The molecular weight excluding hydrogens is 536 g/mol. The first kappa shape index (κ1) is 26.1. The summed E-state index contributed by atoms with van der Waals surface area (Å²) in [5.74, 6) is -3.62. The molecule has 0 saturated heterocycles. The third kappa shape index (κ3) is 4.36. The summed E-state index contributed by atoms with van der Waals surface area (Å²) in [5, 5.41) is 92.7. The zero-order valence-corrected chi connectivity index (χ0v) is 21.3. The van der Waals surface area contributed by atoms with Crippen molar-refractivity contribution in [1.29, 1.82) is 0 Å². The molecule has 4 aromatic carbocycles. The van der Waals surface area contributed by atoms with Crippen molar-refractivity contribution in [2.24, 2.45) is 0 Å². The molecule has 0 saturated carbocycles. The first-order chi connectivity index (χ1) is 19.5. The van der Waals surface area contributed by atoms with E-state index in [9.17, 15) is 46.0 Å². The molecule has 212 valence electrons. The van der Waals surface area contributed by atoms with Crippen molar-refractivity contribution in [1.82, 2.24) is 0 Å². The lowest BCUT2D eigenvalue weighted by Gasteiger charge is -2.37. The third-order valence-corrected chi connectivity index (χ3v) is 7.62. The van der Waals surface area contributed by atoms with Crippen LogP contribution >= 0.6 is 0 Å². The van der Waals surface area contributed by atoms with Crippen LogP contribution in [0.4, 0.5) is 0 Å². The second-order valence-corrected chi connectivity index (χ2v) is 10.2. The summed E-state index contributed by atoms with van der Waals surface area (Å²) in [6.07, 6.45) is -3.02. The molecular formula is C30H26O11. The highest BCUT2D eigenvalue weighted by atomic mass is 16.5. The fourth-order valence-electron chi connectivity index (χ4n) is 5.63. The first-order valence-electron chi connectivity index (χ1n) is 12.7. The summed E-state index contributed by atoms with van der Waals surface area (Å²) < 4.78 is 12.4. The maximum absolute atomic E-state index is 11.2. The summed E-state index contributed by atoms with van der Waals surface area (Å²) in [7, 11) is 0. The number of phenols is 8. The Bertz CT molecular complexity index is 1660. The van der Waals surface area contributed by atoms with Crippen LogP contribution in [0.5, 0.6) is 57.5 Å². The normalized spacial score (nSPS) is 21.3. The molecule has 0 bridgehead atoms. The van der Waals surface area contributed by atoms with Crippen molar-refractivity contribution < 1.29 is 55.4 Å². The molecule has 2 heterocycles. The van der Waals surface area contributed by atoms with E-state index < -0.39 is 41.5 Å². The summed E-state index contributed by atoms with van der Waals surface area (Å²) in [5.41, 5.74) is 1.70. The molecule has 0 aliphatic carbocycles. The molecule has 2 aliphatic rings. The lowest BCUT2D eigenvalue weighted by Crippen LogP contribution is -2.31. The van der Waals surface area contributed by atoms with Crippen molar-refractivity contribution in [3.63, 3.8) is 0 Å². The number of aromatic hydroxyl groups is 8. The summed E-state index contributed by atoms with van der Waals surface area (Å²) in [4.78, 5) is 0. The van der Waals surface area contributed by atoms with Crippen LogP contribution in [0, 0.1) is 0 Å². The topological polar surface area (TPSA) is 201 Å². The molecule has 9 N–H and O–H groups in total. The van der Waals surface area contributed by atoms with Gasteiger partial charge in [0.2, 0.25) is 0 Å². The highest BCUT2D eigenvalue weighted by Gasteiger charge is 2.40. The number of hydrogen-bond donors (Lipinski definition) is 9. The average molecular weight is 563 g/mol. The van der Waals surface area contributed by atoms with Gasteiger partial charge in [-0.1, -0.05) is 12.1 Å². The molecule has 4 aromatic rings. The van der Waals surface area contributed by atoms with E-state index in [0.717, 1.165) is 18.2 Å². The predicted molar refractivity (Wildman–Crippen MR) is 142 cm³/mol. The summed E-state index contributed by atoms with van der Waals surface area (Å²) in [6.45, 7) is 0. The van der Waals surface area contributed by atoms with Gasteiger partial charge in [-0.25, -0.2) is 0 Å². The Hall–Kier alpha value is -5.16. The van der Waals surface area contributed by atoms with Gasteiger partial charge < -0.3 is 55.4 Å². The molecule has 0 aromatic heterocycles. The van der Waals surface area contributed by atoms with E-state index in [-0.39, 0.29) is 64.0 Å². The van der Waals surface area contributed by atoms with E-state index in [1.54, 1.807) is 12.1 Å². The third-order valence-electron chi connectivity index (χ3n) is 7.62. The van der Waals surface area contributed by atoms with Gasteiger partial charge in [-0.2, -0.15) is 0 Å². The van der Waals surface area contributed by atoms with Crippen molar-refractivity contribution in [2.45, 2.75) is 37.1 Å². The van der Waals surface area contributed by atoms with Crippen LogP contribution < -0.4 is 9.47 Å². The number of aliphatic hydroxyl groups is 1. The molecule has 6 rings (SSSR count). The Morgan fingerprint density at radius 1 is 0.634 bits per heavy atom. The van der Waals surface area contributed by atoms with E-state index >= 15 is 0 Å². The molecule has 0 spiro atoms. The highest BCUT2D eigenvalue weighted by Crippen LogP contribution is 2.55. The van der Waals surface area contributed by atoms with Gasteiger partial charge in [0.15, 0.2) is 34.9 Å². The van der Waals surface area contributed by atoms with Gasteiger partial charge in [-0.15, -0.1) is 0 Å². The van der Waals surface area contributed by atoms with Crippen molar-refractivity contribution in [2.75, 3.05) is 0 Å². The Kier molecular flexibility index (Phi) is 6.04. The Balaban J connectivity index is 1.50. The van der Waals surface area contributed by atoms with Gasteiger partial charge in [0.25, 0.3) is 0 Å². The lowest BCUT2D eigenvalue weighted by atomic mass is 9.79. The van der Waals surface area contributed by atoms with Gasteiger partial charge in [0.1, 0.15) is 34.9 Å². The monoisotopic (exact) mass is 562 g/mol. The van der Waals surface area contributed by atoms with E-state index in [0.29, 0.717) is 16.9 Å². The molecule has 2 aliphatic heterocycles. The van der Waals surface area contributed by atoms with Crippen LogP contribution in [0.25, 0.3) is 0 Å². The van der Waals surface area contributed by atoms with Crippen molar-refractivity contribution >= 4 is 0 Å². The SMILES string of the molecule is Oc1ccc2c(c1)O[C@H](c1ccc(O)c(O)c1)C[C@H]2c1c(O)cc(O)c2c1O[C@H](c1cc(O)c(O)c(O)c1)[C@H](O)C2. The number of hydrogen-bond acceptors (Lipinski definition) is 11. The molecule has 11 nitrogen and oxygen atoms in total. The minimum atomic E-state index is -1.24. The number of aliphatic hydroxyl groups excluding tert-OH is 1. The van der Waals surface area contributed by atoms with Crippen molar-refractivity contribution in [3.05, 3.63) is 82.4 Å². The van der Waals surface area contributed by atoms with E-state index in [1.807, 2.05) is 0 Å². The Morgan fingerprint density at radius 2 is 1.34 bits per heavy atom. The lowest BCUT2D eigenvalue weighted by molar-refractivity contribution is 0.0183. The number of fused-ring (bicyclic) bond motifs is 2. The first-order valence-corrected chi connectivity index (χ1v) is 12.7. The van der Waals surface area contributed by atoms with E-state index in [1.165, 1.54) is 24.3 Å². The minimum Gasteiger partial charge on any atom is -0.508 e. The van der Waals surface area contributed by atoms with Gasteiger partial charge in [0.05, 0.1) is 6.10 Å². The average Bonchev–Trinajstić information content (AvgIpc) is 2.92. The highest BCUT2D eigenvalue weighted by molar-refractivity contribution is 5.63. The maximum Gasteiger partial charge on any atom is 0.200 e. The Morgan fingerprint density at radius 3 is 2.05 bits per heavy atom. The quantitative estimate of drug-likeness (QED) is 0.163. The number of ether oxygens (including phenoxy) is 2. The van der Waals surface area contributed by atoms with Gasteiger partial charge in [-0.3, -0.25) is 0 Å². The van der Waals surface area contributed by atoms with Crippen LogP contribution in [-0.2, 0) is 6.42 Å². The van der Waals surface area contributed by atoms with Crippen LogP contribution in [-0.4, -0.2) is 52.1 Å². The summed E-state index contributed by atoms with van der Waals surface area (Å²) in [6, 6.07) is 12.2. The molecule has 0 amide bonds. The fourth-order valence-corrected chi connectivity index (χ4v) is 5.63. The number of phenolic OH excluding ortho intramolecular Hbond substituents is 8. The van der Waals surface area contributed by atoms with E-state index in [2.05, 4.69) is 0 Å². The number of rotatable bonds is 3. The standard InChI is InChI=1S/C30H26O11/c31-14-2-3-15-16(10-25(40-26(15)8-14)12-1-4-18(32)20(34)5-12)27-21(35)11-19(33)17-9-24(38)29(41-30(17)27)13-6-22(36)28(39)23(37)7-13/h1-8,11,16,24-25,29,31-39H,9-10H2/t16-,24-,25+,29-/m1/s1. The van der Waals surface area contributed by atoms with Gasteiger partial charge >= 0.3 is 0 Å². The number of benzene rings is 4. The van der Waals surface area contributed by atoms with Crippen LogP contribution in [0.15, 0.2) is 54.6 Å². The molecule has 0 unspecified atom stereocenters. The molecule has 4 atom stereocenters. The van der Waals surface area contributed by atoms with Crippen molar-refractivity contribution in [3.8, 4) is 57.5 Å². The van der Waals surface area contributed by atoms with Crippen LogP contribution in [0.3, 0.4) is 0 Å². The second kappa shape index (κ2) is 9.49.